The van der Waals surface area contributed by atoms with Crippen LogP contribution in [0.4, 0.5) is 0 Å². The quantitative estimate of drug-likeness (QED) is 0.875. The van der Waals surface area contributed by atoms with E-state index in [1.165, 1.54) is 12.1 Å². The Morgan fingerprint density at radius 2 is 1.95 bits per heavy atom. The molecule has 0 radical (unpaired) electrons. The predicted molar refractivity (Wildman–Crippen MR) is 78.2 cm³/mol. The van der Waals surface area contributed by atoms with Gasteiger partial charge in [-0.3, -0.25) is 4.79 Å². The van der Waals surface area contributed by atoms with Gasteiger partial charge in [0.2, 0.25) is 0 Å². The van der Waals surface area contributed by atoms with Crippen LogP contribution in [0.1, 0.15) is 38.9 Å². The van der Waals surface area contributed by atoms with E-state index >= 15 is 0 Å². The number of hydrogen-bond donors (Lipinski definition) is 2. The monoisotopic (exact) mass is 276 g/mol. The number of phenolic OH excluding ortho intramolecular Hbond substituents is 2. The summed E-state index contributed by atoms with van der Waals surface area (Å²) in [6, 6.07) is 3.95. The van der Waals surface area contributed by atoms with Crippen molar-refractivity contribution in [1.82, 2.24) is 0 Å². The fraction of sp³-hybridized carbons (Fsp3) is 0.438. The Morgan fingerprint density at radius 1 is 1.20 bits per heavy atom. The van der Waals surface area contributed by atoms with E-state index < -0.39 is 0 Å². The lowest BCUT2D eigenvalue weighted by molar-refractivity contribution is 0.409. The normalized spacial score (nSPS) is 12.7. The molecule has 2 rings (SSSR count). The zero-order chi connectivity index (χ0) is 14.7. The first-order chi connectivity index (χ1) is 9.55. The van der Waals surface area contributed by atoms with E-state index in [9.17, 15) is 15.0 Å². The molecule has 2 aromatic rings. The van der Waals surface area contributed by atoms with Crippen LogP contribution in [0.5, 0.6) is 11.5 Å². The van der Waals surface area contributed by atoms with Gasteiger partial charge >= 0.3 is 0 Å². The van der Waals surface area contributed by atoms with E-state index in [-0.39, 0.29) is 27.9 Å². The van der Waals surface area contributed by atoms with Crippen molar-refractivity contribution in [2.75, 3.05) is 0 Å². The molecule has 1 aromatic heterocycles. The third-order valence-corrected chi connectivity index (χ3v) is 3.61. The first-order valence-electron chi connectivity index (χ1n) is 7.03. The summed E-state index contributed by atoms with van der Waals surface area (Å²) >= 11 is 0. The molecule has 1 aromatic carbocycles. The van der Waals surface area contributed by atoms with Crippen LogP contribution in [0, 0.1) is 5.92 Å². The predicted octanol–water partition coefficient (Wildman–Crippen LogP) is 3.57. The second kappa shape index (κ2) is 5.99. The minimum absolute atomic E-state index is 0.115. The lowest BCUT2D eigenvalue weighted by Crippen LogP contribution is -2.07. The minimum Gasteiger partial charge on any atom is -0.508 e. The average Bonchev–Trinajstić information content (AvgIpc) is 2.36. The number of hydrogen-bond acceptors (Lipinski definition) is 4. The summed E-state index contributed by atoms with van der Waals surface area (Å²) in [5.74, 6) is 0.719. The highest BCUT2D eigenvalue weighted by atomic mass is 16.3. The van der Waals surface area contributed by atoms with Gasteiger partial charge in [-0.05, 0) is 5.92 Å². The number of rotatable bonds is 5. The number of phenols is 2. The van der Waals surface area contributed by atoms with Gasteiger partial charge in [0, 0.05) is 24.6 Å². The summed E-state index contributed by atoms with van der Waals surface area (Å²) < 4.78 is 5.66. The Bertz CT molecular complexity index is 657. The van der Waals surface area contributed by atoms with E-state index in [1.807, 2.05) is 0 Å². The van der Waals surface area contributed by atoms with Gasteiger partial charge < -0.3 is 14.6 Å². The van der Waals surface area contributed by atoms with Crippen molar-refractivity contribution in [2.45, 2.75) is 39.5 Å². The van der Waals surface area contributed by atoms with Crippen molar-refractivity contribution in [3.05, 3.63) is 34.2 Å². The Kier molecular flexibility index (Phi) is 4.32. The van der Waals surface area contributed by atoms with Crippen molar-refractivity contribution >= 4 is 11.0 Å². The summed E-state index contributed by atoms with van der Waals surface area (Å²) in [6.45, 7) is 4.26. The lowest BCUT2D eigenvalue weighted by atomic mass is 9.95. The minimum atomic E-state index is -0.273. The van der Waals surface area contributed by atoms with Crippen LogP contribution >= 0.6 is 0 Å². The van der Waals surface area contributed by atoms with Crippen LogP contribution < -0.4 is 5.43 Å². The first-order valence-corrected chi connectivity index (χ1v) is 7.03. The highest BCUT2D eigenvalue weighted by molar-refractivity contribution is 5.84. The second-order valence-electron chi connectivity index (χ2n) is 5.18. The molecule has 0 spiro atoms. The standard InChI is InChI=1S/C16H20O4/c1-3-5-10(4-2)6-12-9-14(19)16-13(18)7-11(17)8-15(16)20-12/h7-10,17-18H,3-6H2,1-2H3. The van der Waals surface area contributed by atoms with Gasteiger partial charge in [-0.2, -0.15) is 0 Å². The van der Waals surface area contributed by atoms with Gasteiger partial charge in [0.15, 0.2) is 5.43 Å². The molecular formula is C16H20O4. The molecule has 1 unspecified atom stereocenters. The van der Waals surface area contributed by atoms with Crippen molar-refractivity contribution in [3.8, 4) is 11.5 Å². The molecule has 108 valence electrons. The molecule has 0 saturated heterocycles. The molecule has 4 nitrogen and oxygen atoms in total. The maximum atomic E-state index is 12.1. The van der Waals surface area contributed by atoms with E-state index in [2.05, 4.69) is 13.8 Å². The molecule has 1 atom stereocenters. The number of benzene rings is 1. The van der Waals surface area contributed by atoms with E-state index in [4.69, 9.17) is 4.42 Å². The Morgan fingerprint density at radius 3 is 2.60 bits per heavy atom. The summed E-state index contributed by atoms with van der Waals surface area (Å²) in [5.41, 5.74) is -0.0403. The molecule has 0 aliphatic rings. The van der Waals surface area contributed by atoms with Gasteiger partial charge in [0.05, 0.1) is 0 Å². The molecule has 0 aliphatic heterocycles. The van der Waals surface area contributed by atoms with E-state index in [0.717, 1.165) is 25.3 Å². The summed E-state index contributed by atoms with van der Waals surface area (Å²) in [6.07, 6.45) is 3.91. The molecule has 0 aliphatic carbocycles. The maximum Gasteiger partial charge on any atom is 0.196 e. The topological polar surface area (TPSA) is 70.7 Å². The molecule has 4 heteroatoms. The fourth-order valence-electron chi connectivity index (χ4n) is 2.55. The van der Waals surface area contributed by atoms with Crippen LogP contribution in [0.3, 0.4) is 0 Å². The second-order valence-corrected chi connectivity index (χ2v) is 5.18. The van der Waals surface area contributed by atoms with Crippen molar-refractivity contribution in [2.24, 2.45) is 5.92 Å². The molecule has 0 fully saturated rings. The number of aromatic hydroxyl groups is 2. The Hall–Kier alpha value is -1.97. The van der Waals surface area contributed by atoms with E-state index in [0.29, 0.717) is 18.1 Å². The zero-order valence-corrected chi connectivity index (χ0v) is 11.8. The Labute approximate surface area is 117 Å². The highest BCUT2D eigenvalue weighted by Crippen LogP contribution is 2.28. The molecular weight excluding hydrogens is 256 g/mol. The SMILES string of the molecule is CCCC(CC)Cc1cc(=O)c2c(O)cc(O)cc2o1. The fourth-order valence-corrected chi connectivity index (χ4v) is 2.55. The lowest BCUT2D eigenvalue weighted by Gasteiger charge is -2.13. The van der Waals surface area contributed by atoms with Crippen LogP contribution in [0.2, 0.25) is 0 Å². The largest absolute Gasteiger partial charge is 0.508 e. The van der Waals surface area contributed by atoms with Crippen molar-refractivity contribution in [3.63, 3.8) is 0 Å². The van der Waals surface area contributed by atoms with Crippen LogP contribution in [-0.2, 0) is 6.42 Å². The van der Waals surface area contributed by atoms with Gasteiger partial charge in [-0.25, -0.2) is 0 Å². The van der Waals surface area contributed by atoms with Gasteiger partial charge in [-0.1, -0.05) is 33.1 Å². The van der Waals surface area contributed by atoms with Crippen LogP contribution in [0.15, 0.2) is 27.4 Å². The van der Waals surface area contributed by atoms with Crippen molar-refractivity contribution < 1.29 is 14.6 Å². The number of fused-ring (bicyclic) bond motifs is 1. The zero-order valence-electron chi connectivity index (χ0n) is 11.8. The molecule has 20 heavy (non-hydrogen) atoms. The molecule has 2 N–H and O–H groups in total. The maximum absolute atomic E-state index is 12.1. The third kappa shape index (κ3) is 2.95. The van der Waals surface area contributed by atoms with Crippen molar-refractivity contribution in [1.29, 1.82) is 0 Å². The smallest absolute Gasteiger partial charge is 0.196 e. The first kappa shape index (κ1) is 14.4. The molecule has 0 amide bonds. The van der Waals surface area contributed by atoms with Crippen LogP contribution in [0.25, 0.3) is 11.0 Å². The van der Waals surface area contributed by atoms with Gasteiger partial charge in [0.1, 0.15) is 28.2 Å². The summed E-state index contributed by atoms with van der Waals surface area (Å²) in [5, 5.41) is 19.3. The molecule has 0 saturated carbocycles. The average molecular weight is 276 g/mol. The van der Waals surface area contributed by atoms with Gasteiger partial charge in [0.25, 0.3) is 0 Å². The molecule has 0 bridgehead atoms. The summed E-state index contributed by atoms with van der Waals surface area (Å²) in [4.78, 5) is 12.1. The van der Waals surface area contributed by atoms with Crippen LogP contribution in [-0.4, -0.2) is 10.2 Å². The van der Waals surface area contributed by atoms with E-state index in [1.54, 1.807) is 0 Å². The highest BCUT2D eigenvalue weighted by Gasteiger charge is 2.13. The third-order valence-electron chi connectivity index (χ3n) is 3.61. The summed E-state index contributed by atoms with van der Waals surface area (Å²) in [7, 11) is 0. The molecule has 1 heterocycles. The Balaban J connectivity index is 2.44. The van der Waals surface area contributed by atoms with Gasteiger partial charge in [-0.15, -0.1) is 0 Å².